The van der Waals surface area contributed by atoms with Crippen LogP contribution in [0, 0.1) is 5.41 Å². The average Bonchev–Trinajstić information content (AvgIpc) is 2.18. The van der Waals surface area contributed by atoms with E-state index in [1.54, 1.807) is 0 Å². The van der Waals surface area contributed by atoms with E-state index in [2.05, 4.69) is 80.1 Å². The second kappa shape index (κ2) is 5.53. The number of benzene rings is 1. The highest BCUT2D eigenvalue weighted by Gasteiger charge is 2.22. The van der Waals surface area contributed by atoms with Gasteiger partial charge in [0.25, 0.3) is 0 Å². The summed E-state index contributed by atoms with van der Waals surface area (Å²) in [7, 11) is 0. The number of halogens is 1. The van der Waals surface area contributed by atoms with Crippen molar-refractivity contribution in [1.29, 1.82) is 0 Å². The summed E-state index contributed by atoms with van der Waals surface area (Å²) in [5, 5.41) is 3.59. The van der Waals surface area contributed by atoms with E-state index in [0.717, 1.165) is 13.0 Å². The van der Waals surface area contributed by atoms with Crippen molar-refractivity contribution in [2.75, 3.05) is 6.54 Å². The minimum absolute atomic E-state index is 0.186. The molecule has 0 aliphatic heterocycles. The Bertz CT molecular complexity index is 363. The molecule has 0 bridgehead atoms. The summed E-state index contributed by atoms with van der Waals surface area (Å²) in [5.41, 5.74) is 1.83. The Morgan fingerprint density at radius 2 is 1.65 bits per heavy atom. The Kier molecular flexibility index (Phi) is 4.79. The fourth-order valence-electron chi connectivity index (χ4n) is 1.72. The van der Waals surface area contributed by atoms with Gasteiger partial charge in [0.15, 0.2) is 0 Å². The summed E-state index contributed by atoms with van der Waals surface area (Å²) in [4.78, 5) is 0. The van der Waals surface area contributed by atoms with Crippen LogP contribution in [0.3, 0.4) is 0 Å². The number of rotatable bonds is 4. The van der Waals surface area contributed by atoms with Crippen LogP contribution in [0.4, 0.5) is 0 Å². The molecule has 17 heavy (non-hydrogen) atoms. The summed E-state index contributed by atoms with van der Waals surface area (Å²) in [6.07, 6.45) is 1.08. The zero-order valence-corrected chi connectivity index (χ0v) is 13.2. The van der Waals surface area contributed by atoms with E-state index in [1.165, 1.54) is 10.0 Å². The van der Waals surface area contributed by atoms with Crippen LogP contribution >= 0.6 is 15.9 Å². The van der Waals surface area contributed by atoms with Crippen LogP contribution in [0.1, 0.15) is 40.2 Å². The topological polar surface area (TPSA) is 12.0 Å². The lowest BCUT2D eigenvalue weighted by atomic mass is 9.85. The van der Waals surface area contributed by atoms with Crippen LogP contribution in [0.15, 0.2) is 28.7 Å². The van der Waals surface area contributed by atoms with Gasteiger partial charge in [-0.25, -0.2) is 0 Å². The van der Waals surface area contributed by atoms with E-state index in [-0.39, 0.29) is 11.0 Å². The van der Waals surface area contributed by atoms with E-state index in [4.69, 9.17) is 0 Å². The van der Waals surface area contributed by atoms with Gasteiger partial charge in [0, 0.05) is 16.6 Å². The molecule has 0 saturated heterocycles. The van der Waals surface area contributed by atoms with Crippen LogP contribution in [-0.2, 0) is 6.42 Å². The van der Waals surface area contributed by atoms with Crippen molar-refractivity contribution in [2.45, 2.75) is 46.6 Å². The van der Waals surface area contributed by atoms with Gasteiger partial charge >= 0.3 is 0 Å². The van der Waals surface area contributed by atoms with Gasteiger partial charge in [0.1, 0.15) is 0 Å². The SMILES string of the molecule is CC(C)(CNC(C)(C)C)Cc1ccccc1Br. The molecule has 1 aromatic carbocycles. The Balaban J connectivity index is 2.64. The molecule has 0 atom stereocenters. The van der Waals surface area contributed by atoms with Gasteiger partial charge in [-0.3, -0.25) is 0 Å². The van der Waals surface area contributed by atoms with Gasteiger partial charge < -0.3 is 5.32 Å². The second-order valence-electron chi connectivity index (χ2n) is 6.54. The average molecular weight is 298 g/mol. The lowest BCUT2D eigenvalue weighted by molar-refractivity contribution is 0.288. The molecule has 1 nitrogen and oxygen atoms in total. The van der Waals surface area contributed by atoms with Crippen molar-refractivity contribution in [3.63, 3.8) is 0 Å². The molecule has 1 aromatic rings. The zero-order chi connectivity index (χ0) is 13.1. The molecule has 0 amide bonds. The van der Waals surface area contributed by atoms with E-state index < -0.39 is 0 Å². The predicted molar refractivity (Wildman–Crippen MR) is 79.4 cm³/mol. The lowest BCUT2D eigenvalue weighted by Crippen LogP contribution is -2.42. The quantitative estimate of drug-likeness (QED) is 0.868. The van der Waals surface area contributed by atoms with Crippen molar-refractivity contribution < 1.29 is 0 Å². The minimum atomic E-state index is 0.186. The third-order valence-corrected chi connectivity index (χ3v) is 3.50. The normalized spacial score (nSPS) is 12.8. The molecule has 0 aliphatic carbocycles. The summed E-state index contributed by atoms with van der Waals surface area (Å²) in [5.74, 6) is 0. The maximum absolute atomic E-state index is 3.62. The highest BCUT2D eigenvalue weighted by molar-refractivity contribution is 9.10. The van der Waals surface area contributed by atoms with Gasteiger partial charge in [-0.1, -0.05) is 48.0 Å². The second-order valence-corrected chi connectivity index (χ2v) is 7.39. The summed E-state index contributed by atoms with van der Waals surface area (Å²) < 4.78 is 1.21. The highest BCUT2D eigenvalue weighted by Crippen LogP contribution is 2.26. The Morgan fingerprint density at radius 3 is 2.18 bits per heavy atom. The van der Waals surface area contributed by atoms with Crippen molar-refractivity contribution in [1.82, 2.24) is 5.32 Å². The van der Waals surface area contributed by atoms with Gasteiger partial charge in [-0.05, 0) is 44.2 Å². The minimum Gasteiger partial charge on any atom is -0.312 e. The highest BCUT2D eigenvalue weighted by atomic mass is 79.9. The van der Waals surface area contributed by atoms with Gasteiger partial charge in [0.2, 0.25) is 0 Å². The van der Waals surface area contributed by atoms with E-state index >= 15 is 0 Å². The number of hydrogen-bond donors (Lipinski definition) is 1. The Labute approximate surface area is 114 Å². The fourth-order valence-corrected chi connectivity index (χ4v) is 2.15. The van der Waals surface area contributed by atoms with E-state index in [9.17, 15) is 0 Å². The van der Waals surface area contributed by atoms with Crippen LogP contribution in [-0.4, -0.2) is 12.1 Å². The summed E-state index contributed by atoms with van der Waals surface area (Å²) >= 11 is 3.62. The molecule has 0 radical (unpaired) electrons. The molecule has 0 unspecified atom stereocenters. The third kappa shape index (κ3) is 5.69. The first-order valence-corrected chi connectivity index (χ1v) is 6.97. The van der Waals surface area contributed by atoms with Crippen LogP contribution < -0.4 is 5.32 Å². The molecule has 2 heteroatoms. The molecule has 1 rings (SSSR count). The fraction of sp³-hybridized carbons (Fsp3) is 0.600. The molecule has 0 aromatic heterocycles. The molecule has 1 N–H and O–H groups in total. The largest absolute Gasteiger partial charge is 0.312 e. The molecule has 0 heterocycles. The molecule has 0 saturated carbocycles. The predicted octanol–water partition coefficient (Wildman–Crippen LogP) is 4.41. The summed E-state index contributed by atoms with van der Waals surface area (Å²) in [6.45, 7) is 12.3. The first-order chi connectivity index (χ1) is 7.70. The molecule has 0 spiro atoms. The molecule has 96 valence electrons. The summed E-state index contributed by atoms with van der Waals surface area (Å²) in [6, 6.07) is 8.48. The van der Waals surface area contributed by atoms with Crippen LogP contribution in [0.2, 0.25) is 0 Å². The van der Waals surface area contributed by atoms with Gasteiger partial charge in [-0.15, -0.1) is 0 Å². The van der Waals surface area contributed by atoms with E-state index in [0.29, 0.717) is 0 Å². The first-order valence-electron chi connectivity index (χ1n) is 6.18. The van der Waals surface area contributed by atoms with Gasteiger partial charge in [0.05, 0.1) is 0 Å². The van der Waals surface area contributed by atoms with Crippen molar-refractivity contribution in [3.05, 3.63) is 34.3 Å². The molecule has 0 fully saturated rings. The monoisotopic (exact) mass is 297 g/mol. The Hall–Kier alpha value is -0.340. The van der Waals surface area contributed by atoms with E-state index in [1.807, 2.05) is 0 Å². The lowest BCUT2D eigenvalue weighted by Gasteiger charge is -2.31. The van der Waals surface area contributed by atoms with Crippen molar-refractivity contribution in [2.24, 2.45) is 5.41 Å². The van der Waals surface area contributed by atoms with Crippen LogP contribution in [0.5, 0.6) is 0 Å². The number of hydrogen-bond acceptors (Lipinski definition) is 1. The maximum Gasteiger partial charge on any atom is 0.0207 e. The molecular weight excluding hydrogens is 274 g/mol. The molecular formula is C15H24BrN. The van der Waals surface area contributed by atoms with Crippen molar-refractivity contribution in [3.8, 4) is 0 Å². The zero-order valence-electron chi connectivity index (χ0n) is 11.6. The number of nitrogens with one attached hydrogen (secondary N) is 1. The Morgan fingerprint density at radius 1 is 1.06 bits per heavy atom. The molecule has 0 aliphatic rings. The standard InChI is InChI=1S/C15H24BrN/c1-14(2,3)17-11-15(4,5)10-12-8-6-7-9-13(12)16/h6-9,17H,10-11H2,1-5H3. The van der Waals surface area contributed by atoms with Crippen molar-refractivity contribution >= 4 is 15.9 Å². The smallest absolute Gasteiger partial charge is 0.0207 e. The maximum atomic E-state index is 3.62. The van der Waals surface area contributed by atoms with Crippen LogP contribution in [0.25, 0.3) is 0 Å². The third-order valence-electron chi connectivity index (χ3n) is 2.72. The van der Waals surface area contributed by atoms with Gasteiger partial charge in [-0.2, -0.15) is 0 Å². The first kappa shape index (κ1) is 14.7.